The van der Waals surface area contributed by atoms with Gasteiger partial charge in [0.05, 0.1) is 12.2 Å². The van der Waals surface area contributed by atoms with Gasteiger partial charge in [0.2, 0.25) is 5.78 Å². The fourth-order valence-corrected chi connectivity index (χ4v) is 2.47. The molecule has 0 aliphatic carbocycles. The Kier molecular flexibility index (Phi) is 8.28. The van der Waals surface area contributed by atoms with Gasteiger partial charge in [-0.15, -0.1) is 0 Å². The summed E-state index contributed by atoms with van der Waals surface area (Å²) in [5, 5.41) is 20.3. The third kappa shape index (κ3) is 6.24. The quantitative estimate of drug-likeness (QED) is 0.455. The first-order valence-corrected chi connectivity index (χ1v) is 8.72. The number of carbonyl (C=O) groups excluding carboxylic acids is 3. The third-order valence-electron chi connectivity index (χ3n) is 3.82. The molecule has 28 heavy (non-hydrogen) atoms. The Morgan fingerprint density at radius 1 is 1.07 bits per heavy atom. The van der Waals surface area contributed by atoms with Gasteiger partial charge in [-0.3, -0.25) is 4.79 Å². The fraction of sp³-hybridized carbons (Fsp3) is 0.250. The van der Waals surface area contributed by atoms with Crippen LogP contribution in [0.25, 0.3) is 0 Å². The van der Waals surface area contributed by atoms with E-state index in [0.29, 0.717) is 11.3 Å². The number of aliphatic hydroxyl groups excluding tert-OH is 2. The zero-order chi connectivity index (χ0) is 20.5. The van der Waals surface area contributed by atoms with Crippen LogP contribution in [0.15, 0.2) is 54.6 Å². The molecular weight excluding hydrogens is 388 g/mol. The van der Waals surface area contributed by atoms with E-state index in [1.165, 1.54) is 18.2 Å². The molecule has 0 fully saturated rings. The number of rotatable bonds is 10. The molecule has 0 unspecified atom stereocenters. The number of hydrogen-bond acceptors (Lipinski definition) is 7. The molecule has 0 heterocycles. The average Bonchev–Trinajstić information content (AvgIpc) is 2.72. The van der Waals surface area contributed by atoms with Gasteiger partial charge in [0, 0.05) is 5.02 Å². The molecule has 0 aromatic heterocycles. The lowest BCUT2D eigenvalue weighted by atomic mass is 10.1. The molecule has 0 spiro atoms. The second-order valence-corrected chi connectivity index (χ2v) is 6.32. The van der Waals surface area contributed by atoms with Gasteiger partial charge in [-0.25, -0.2) is 4.79 Å². The summed E-state index contributed by atoms with van der Waals surface area (Å²) in [7, 11) is 0. The van der Waals surface area contributed by atoms with Crippen molar-refractivity contribution >= 4 is 29.6 Å². The highest BCUT2D eigenvalue weighted by molar-refractivity contribution is 6.30. The number of Topliss-reactive ketones (excluding diaryl/α,β-unsaturated/α-hetero) is 1. The molecule has 2 rings (SSSR count). The summed E-state index contributed by atoms with van der Waals surface area (Å²) >= 11 is 5.77. The summed E-state index contributed by atoms with van der Waals surface area (Å²) in [5.74, 6) is -1.79. The first kappa shape index (κ1) is 21.7. The van der Waals surface area contributed by atoms with Crippen LogP contribution in [-0.2, 0) is 25.7 Å². The van der Waals surface area contributed by atoms with Crippen molar-refractivity contribution in [1.29, 1.82) is 0 Å². The van der Waals surface area contributed by atoms with Gasteiger partial charge >= 0.3 is 5.97 Å². The molecule has 2 N–H and O–H groups in total. The smallest absolute Gasteiger partial charge is 0.338 e. The number of ether oxygens (including phenoxy) is 2. The van der Waals surface area contributed by atoms with E-state index in [0.717, 1.165) is 5.56 Å². The molecule has 3 atom stereocenters. The molecular formula is C20H19ClO7. The van der Waals surface area contributed by atoms with Crippen molar-refractivity contribution in [3.63, 3.8) is 0 Å². The van der Waals surface area contributed by atoms with E-state index in [9.17, 15) is 24.6 Å². The topological polar surface area (TPSA) is 110 Å². The molecule has 0 aliphatic heterocycles. The lowest BCUT2D eigenvalue weighted by Gasteiger charge is -2.22. The molecule has 0 aliphatic rings. The van der Waals surface area contributed by atoms with Crippen LogP contribution in [0, 0.1) is 0 Å². The van der Waals surface area contributed by atoms with Crippen LogP contribution < -0.4 is 0 Å². The second kappa shape index (κ2) is 10.7. The van der Waals surface area contributed by atoms with E-state index in [1.54, 1.807) is 30.3 Å². The zero-order valence-corrected chi connectivity index (χ0v) is 15.5. The second-order valence-electron chi connectivity index (χ2n) is 5.89. The minimum absolute atomic E-state index is 0.00592. The van der Waals surface area contributed by atoms with E-state index in [4.69, 9.17) is 21.1 Å². The van der Waals surface area contributed by atoms with Crippen LogP contribution >= 0.6 is 11.6 Å². The van der Waals surface area contributed by atoms with Crippen LogP contribution in [0.5, 0.6) is 0 Å². The van der Waals surface area contributed by atoms with E-state index in [-0.39, 0.29) is 12.2 Å². The Labute approximate surface area is 166 Å². The average molecular weight is 407 g/mol. The van der Waals surface area contributed by atoms with Crippen LogP contribution in [-0.4, -0.2) is 53.2 Å². The van der Waals surface area contributed by atoms with Crippen molar-refractivity contribution < 1.29 is 34.1 Å². The van der Waals surface area contributed by atoms with Crippen LogP contribution in [0.2, 0.25) is 5.02 Å². The standard InChI is InChI=1S/C20H19ClO7/c21-15-8-4-7-14(9-15)20(26)28-12-16(23)18(24)19(25)17(10-22)27-11-13-5-2-1-3-6-13/h1-10,17-19,24-25H,11-12H2/t17-,18-,19+/m0/s1. The minimum atomic E-state index is -1.96. The van der Waals surface area contributed by atoms with E-state index >= 15 is 0 Å². The summed E-state index contributed by atoms with van der Waals surface area (Å²) in [6.07, 6.45) is -4.90. The summed E-state index contributed by atoms with van der Waals surface area (Å²) in [4.78, 5) is 35.1. The van der Waals surface area contributed by atoms with Crippen molar-refractivity contribution in [3.05, 3.63) is 70.7 Å². The Hall–Kier alpha value is -2.58. The van der Waals surface area contributed by atoms with E-state index in [1.807, 2.05) is 6.07 Å². The number of hydrogen-bond donors (Lipinski definition) is 2. The molecule has 7 nitrogen and oxygen atoms in total. The summed E-state index contributed by atoms with van der Waals surface area (Å²) in [6.45, 7) is -0.778. The highest BCUT2D eigenvalue weighted by Gasteiger charge is 2.32. The van der Waals surface area contributed by atoms with Gasteiger partial charge in [-0.2, -0.15) is 0 Å². The van der Waals surface area contributed by atoms with Gasteiger partial charge in [-0.05, 0) is 23.8 Å². The summed E-state index contributed by atoms with van der Waals surface area (Å²) in [6, 6.07) is 14.8. The van der Waals surface area contributed by atoms with Gasteiger partial charge < -0.3 is 24.5 Å². The first-order chi connectivity index (χ1) is 13.4. The van der Waals surface area contributed by atoms with Crippen molar-refractivity contribution in [1.82, 2.24) is 0 Å². The number of benzene rings is 2. The highest BCUT2D eigenvalue weighted by Crippen LogP contribution is 2.12. The van der Waals surface area contributed by atoms with E-state index in [2.05, 4.69) is 0 Å². The molecule has 0 bridgehead atoms. The maximum absolute atomic E-state index is 12.0. The van der Waals surface area contributed by atoms with Crippen LogP contribution in [0.3, 0.4) is 0 Å². The highest BCUT2D eigenvalue weighted by atomic mass is 35.5. The predicted molar refractivity (Wildman–Crippen MR) is 99.8 cm³/mol. The van der Waals surface area contributed by atoms with Crippen molar-refractivity contribution in [2.45, 2.75) is 24.9 Å². The molecule has 0 radical (unpaired) electrons. The third-order valence-corrected chi connectivity index (χ3v) is 4.05. The Morgan fingerprint density at radius 2 is 1.79 bits per heavy atom. The predicted octanol–water partition coefficient (Wildman–Crippen LogP) is 1.57. The first-order valence-electron chi connectivity index (χ1n) is 8.34. The summed E-state index contributed by atoms with van der Waals surface area (Å²) in [5.41, 5.74) is 0.880. The lowest BCUT2D eigenvalue weighted by Crippen LogP contribution is -2.45. The Morgan fingerprint density at radius 3 is 2.43 bits per heavy atom. The van der Waals surface area contributed by atoms with Crippen molar-refractivity contribution in [3.8, 4) is 0 Å². The minimum Gasteiger partial charge on any atom is -0.454 e. The number of aliphatic hydroxyl groups is 2. The SMILES string of the molecule is O=C[C@H](OCc1ccccc1)[C@@H](O)[C@@H](O)C(=O)COC(=O)c1cccc(Cl)c1. The molecule has 2 aromatic carbocycles. The largest absolute Gasteiger partial charge is 0.454 e. The van der Waals surface area contributed by atoms with Gasteiger partial charge in [0.25, 0.3) is 0 Å². The number of aldehydes is 1. The molecule has 148 valence electrons. The lowest BCUT2D eigenvalue weighted by molar-refractivity contribution is -0.149. The van der Waals surface area contributed by atoms with Gasteiger partial charge in [0.15, 0.2) is 12.9 Å². The zero-order valence-electron chi connectivity index (χ0n) is 14.7. The summed E-state index contributed by atoms with van der Waals surface area (Å²) < 4.78 is 10.1. The van der Waals surface area contributed by atoms with Gasteiger partial charge in [-0.1, -0.05) is 48.0 Å². The molecule has 0 amide bonds. The maximum Gasteiger partial charge on any atom is 0.338 e. The molecule has 0 saturated carbocycles. The maximum atomic E-state index is 12.0. The normalized spacial score (nSPS) is 14.0. The van der Waals surface area contributed by atoms with Gasteiger partial charge in [0.1, 0.15) is 18.3 Å². The van der Waals surface area contributed by atoms with Crippen molar-refractivity contribution in [2.24, 2.45) is 0 Å². The Bertz CT molecular complexity index is 809. The Balaban J connectivity index is 1.87. The number of ketones is 1. The molecule has 2 aromatic rings. The van der Waals surface area contributed by atoms with Crippen LogP contribution in [0.4, 0.5) is 0 Å². The van der Waals surface area contributed by atoms with Crippen molar-refractivity contribution in [2.75, 3.05) is 6.61 Å². The fourth-order valence-electron chi connectivity index (χ4n) is 2.28. The van der Waals surface area contributed by atoms with E-state index < -0.39 is 36.7 Å². The van der Waals surface area contributed by atoms with Crippen LogP contribution in [0.1, 0.15) is 15.9 Å². The number of halogens is 1. The number of esters is 1. The molecule has 0 saturated heterocycles. The monoisotopic (exact) mass is 406 g/mol. The molecule has 8 heteroatoms. The number of carbonyl (C=O) groups is 3.